The summed E-state index contributed by atoms with van der Waals surface area (Å²) in [6.07, 6.45) is 2.83. The van der Waals surface area contributed by atoms with Gasteiger partial charge in [0.15, 0.2) is 0 Å². The fraction of sp³-hybridized carbons (Fsp3) is 0.389. The molecule has 1 fully saturated rings. The minimum Gasteiger partial charge on any atom is -0.339 e. The number of aromatic nitrogens is 4. The second-order valence-electron chi connectivity index (χ2n) is 6.70. The molecule has 27 heavy (non-hydrogen) atoms. The molecule has 0 radical (unpaired) electrons. The molecule has 1 amide bonds. The molecular formula is C18H19FN6OS. The van der Waals surface area contributed by atoms with Crippen LogP contribution in [-0.4, -0.2) is 56.3 Å². The van der Waals surface area contributed by atoms with E-state index < -0.39 is 12.2 Å². The third-order valence-corrected chi connectivity index (χ3v) is 5.56. The van der Waals surface area contributed by atoms with E-state index in [9.17, 15) is 9.18 Å². The van der Waals surface area contributed by atoms with Crippen molar-refractivity contribution < 1.29 is 9.18 Å². The van der Waals surface area contributed by atoms with E-state index in [-0.39, 0.29) is 18.9 Å². The Balaban J connectivity index is 1.54. The molecule has 1 aliphatic heterocycles. The van der Waals surface area contributed by atoms with Crippen molar-refractivity contribution in [2.24, 2.45) is 5.73 Å². The molecule has 9 heteroatoms. The van der Waals surface area contributed by atoms with Gasteiger partial charge >= 0.3 is 0 Å². The Kier molecular flexibility index (Phi) is 4.79. The largest absolute Gasteiger partial charge is 0.339 e. The van der Waals surface area contributed by atoms with Gasteiger partial charge in [0.2, 0.25) is 5.91 Å². The highest BCUT2D eigenvalue weighted by molar-refractivity contribution is 7.14. The maximum atomic E-state index is 13.8. The van der Waals surface area contributed by atoms with Crippen LogP contribution in [0.3, 0.4) is 0 Å². The van der Waals surface area contributed by atoms with Gasteiger partial charge in [0.05, 0.1) is 30.4 Å². The molecular weight excluding hydrogens is 367 g/mol. The normalized spacial score (nSPS) is 20.2. The molecule has 7 nitrogen and oxygen atoms in total. The summed E-state index contributed by atoms with van der Waals surface area (Å²) in [6, 6.07) is 3.33. The van der Waals surface area contributed by atoms with Crippen LogP contribution in [0.4, 0.5) is 4.39 Å². The number of carbonyl (C=O) groups excluding carboxylic acids is 1. The fourth-order valence-corrected chi connectivity index (χ4v) is 3.79. The lowest BCUT2D eigenvalue weighted by atomic mass is 10.0. The molecule has 0 saturated carbocycles. The summed E-state index contributed by atoms with van der Waals surface area (Å²) >= 11 is 1.50. The number of pyridine rings is 2. The molecule has 140 valence electrons. The van der Waals surface area contributed by atoms with Crippen LogP contribution in [0.2, 0.25) is 0 Å². The number of hydrogen-bond donors (Lipinski definition) is 1. The Morgan fingerprint density at radius 3 is 2.93 bits per heavy atom. The van der Waals surface area contributed by atoms with Crippen molar-refractivity contribution in [2.45, 2.75) is 32.0 Å². The standard InChI is InChI=1S/C18H19FN6OS/c1-10-23-24-18(27-10)12-4-11-5-13(21-8-16(11)22-7-12)6-17(26)25-3-2-15(20)14(19)9-25/h4-5,7-8,14-15H,2-3,6,9,20H2,1H3/t14-,15-/m0/s1. The number of likely N-dealkylation sites (tertiary alicyclic amines) is 1. The number of aryl methyl sites for hydroxylation is 1. The van der Waals surface area contributed by atoms with Gasteiger partial charge in [-0.05, 0) is 25.5 Å². The summed E-state index contributed by atoms with van der Waals surface area (Å²) < 4.78 is 13.8. The molecule has 2 atom stereocenters. The minimum atomic E-state index is -1.17. The third-order valence-electron chi connectivity index (χ3n) is 4.67. The highest BCUT2D eigenvalue weighted by Gasteiger charge is 2.29. The molecule has 1 saturated heterocycles. The lowest BCUT2D eigenvalue weighted by Crippen LogP contribution is -2.50. The Morgan fingerprint density at radius 2 is 2.19 bits per heavy atom. The summed E-state index contributed by atoms with van der Waals surface area (Å²) in [7, 11) is 0. The molecule has 1 aliphatic rings. The average molecular weight is 386 g/mol. The van der Waals surface area contributed by atoms with Crippen LogP contribution < -0.4 is 5.73 Å². The second-order valence-corrected chi connectivity index (χ2v) is 7.89. The monoisotopic (exact) mass is 386 g/mol. The van der Waals surface area contributed by atoms with Gasteiger partial charge in [-0.2, -0.15) is 0 Å². The van der Waals surface area contributed by atoms with Gasteiger partial charge in [-0.3, -0.25) is 14.8 Å². The van der Waals surface area contributed by atoms with Crippen LogP contribution in [0.1, 0.15) is 17.1 Å². The minimum absolute atomic E-state index is 0.0513. The van der Waals surface area contributed by atoms with Crippen molar-refractivity contribution in [2.75, 3.05) is 13.1 Å². The third kappa shape index (κ3) is 3.79. The number of rotatable bonds is 3. The molecule has 0 bridgehead atoms. The predicted octanol–water partition coefficient (Wildman–Crippen LogP) is 1.90. The summed E-state index contributed by atoms with van der Waals surface area (Å²) in [5, 5.41) is 10.7. The van der Waals surface area contributed by atoms with Gasteiger partial charge in [-0.25, -0.2) is 4.39 Å². The molecule has 0 aliphatic carbocycles. The van der Waals surface area contributed by atoms with Gasteiger partial charge in [-0.15, -0.1) is 10.2 Å². The van der Waals surface area contributed by atoms with Crippen molar-refractivity contribution in [3.05, 3.63) is 35.2 Å². The van der Waals surface area contributed by atoms with Crippen LogP contribution in [0, 0.1) is 6.92 Å². The summed E-state index contributed by atoms with van der Waals surface area (Å²) in [4.78, 5) is 22.8. The molecule has 3 aromatic rings. The van der Waals surface area contributed by atoms with Gasteiger partial charge in [0.25, 0.3) is 0 Å². The zero-order valence-electron chi connectivity index (χ0n) is 14.8. The summed E-state index contributed by atoms with van der Waals surface area (Å²) in [5.41, 5.74) is 7.92. The number of amides is 1. The highest BCUT2D eigenvalue weighted by atomic mass is 32.1. The first kappa shape index (κ1) is 17.9. The maximum absolute atomic E-state index is 13.8. The molecule has 4 rings (SSSR count). The van der Waals surface area contributed by atoms with E-state index in [0.29, 0.717) is 18.7 Å². The van der Waals surface area contributed by atoms with E-state index in [1.807, 2.05) is 19.1 Å². The van der Waals surface area contributed by atoms with Crippen LogP contribution in [-0.2, 0) is 11.2 Å². The zero-order valence-corrected chi connectivity index (χ0v) is 15.6. The van der Waals surface area contributed by atoms with Gasteiger partial charge in [0, 0.05) is 29.7 Å². The number of nitrogens with two attached hydrogens (primary N) is 1. The molecule has 4 heterocycles. The van der Waals surface area contributed by atoms with Crippen molar-refractivity contribution in [1.29, 1.82) is 0 Å². The number of halogens is 1. The number of alkyl halides is 1. The van der Waals surface area contributed by atoms with E-state index in [0.717, 1.165) is 26.5 Å². The average Bonchev–Trinajstić information content (AvgIpc) is 3.09. The van der Waals surface area contributed by atoms with E-state index in [1.165, 1.54) is 16.2 Å². The van der Waals surface area contributed by atoms with Crippen LogP contribution in [0.5, 0.6) is 0 Å². The van der Waals surface area contributed by atoms with Crippen molar-refractivity contribution in [1.82, 2.24) is 25.1 Å². The first-order valence-electron chi connectivity index (χ1n) is 8.72. The van der Waals surface area contributed by atoms with E-state index in [2.05, 4.69) is 20.2 Å². The lowest BCUT2D eigenvalue weighted by molar-refractivity contribution is -0.132. The highest BCUT2D eigenvalue weighted by Crippen LogP contribution is 2.25. The Bertz CT molecular complexity index is 993. The Labute approximate surface area is 159 Å². The molecule has 2 N–H and O–H groups in total. The number of piperidine rings is 1. The first-order valence-corrected chi connectivity index (χ1v) is 9.54. The van der Waals surface area contributed by atoms with Crippen molar-refractivity contribution in [3.63, 3.8) is 0 Å². The molecule has 0 unspecified atom stereocenters. The Morgan fingerprint density at radius 1 is 1.33 bits per heavy atom. The van der Waals surface area contributed by atoms with E-state index in [1.54, 1.807) is 12.4 Å². The fourth-order valence-electron chi connectivity index (χ4n) is 3.12. The van der Waals surface area contributed by atoms with Crippen molar-refractivity contribution in [3.8, 4) is 10.6 Å². The maximum Gasteiger partial charge on any atom is 0.228 e. The molecule has 3 aromatic heterocycles. The number of nitrogens with zero attached hydrogens (tertiary/aromatic N) is 5. The second kappa shape index (κ2) is 7.24. The molecule has 0 spiro atoms. The number of carbonyl (C=O) groups is 1. The Hall–Kier alpha value is -2.52. The smallest absolute Gasteiger partial charge is 0.228 e. The van der Waals surface area contributed by atoms with Crippen molar-refractivity contribution >= 4 is 28.1 Å². The lowest BCUT2D eigenvalue weighted by Gasteiger charge is -2.32. The van der Waals surface area contributed by atoms with Crippen LogP contribution in [0.15, 0.2) is 24.5 Å². The zero-order chi connectivity index (χ0) is 19.0. The number of fused-ring (bicyclic) bond motifs is 1. The van der Waals surface area contributed by atoms with E-state index >= 15 is 0 Å². The topological polar surface area (TPSA) is 97.9 Å². The number of hydrogen-bond acceptors (Lipinski definition) is 7. The first-order chi connectivity index (χ1) is 13.0. The predicted molar refractivity (Wildman–Crippen MR) is 101 cm³/mol. The summed E-state index contributed by atoms with van der Waals surface area (Å²) in [6.45, 7) is 2.44. The quantitative estimate of drug-likeness (QED) is 0.738. The SMILES string of the molecule is Cc1nnc(-c2cnc3cnc(CC(=O)N4CC[C@H](N)[C@@H](F)C4)cc3c2)s1. The van der Waals surface area contributed by atoms with Gasteiger partial charge in [-0.1, -0.05) is 11.3 Å². The van der Waals surface area contributed by atoms with Crippen LogP contribution in [0.25, 0.3) is 21.5 Å². The van der Waals surface area contributed by atoms with Crippen LogP contribution >= 0.6 is 11.3 Å². The van der Waals surface area contributed by atoms with Gasteiger partial charge in [0.1, 0.15) is 16.2 Å². The van der Waals surface area contributed by atoms with Gasteiger partial charge < -0.3 is 10.6 Å². The summed E-state index contributed by atoms with van der Waals surface area (Å²) in [5.74, 6) is -0.139. The molecule has 0 aromatic carbocycles. The van der Waals surface area contributed by atoms with E-state index in [4.69, 9.17) is 5.73 Å².